The highest BCUT2D eigenvalue weighted by Crippen LogP contribution is 2.29. The molecule has 0 heterocycles. The highest BCUT2D eigenvalue weighted by atomic mass is 19.1. The third-order valence-corrected chi connectivity index (χ3v) is 5.12. The summed E-state index contributed by atoms with van der Waals surface area (Å²) < 4.78 is 24.8. The third kappa shape index (κ3) is 6.76. The van der Waals surface area contributed by atoms with Crippen molar-refractivity contribution in [3.8, 4) is 22.6 Å². The zero-order chi connectivity index (χ0) is 24.3. The molecular formula is C27H26FNO5. The first-order valence-electron chi connectivity index (χ1n) is 10.8. The fourth-order valence-electron chi connectivity index (χ4n) is 3.40. The topological polar surface area (TPSA) is 84.9 Å². The smallest absolute Gasteiger partial charge is 0.243 e. The summed E-state index contributed by atoms with van der Waals surface area (Å²) in [6.07, 6.45) is 4.54. The van der Waals surface area contributed by atoms with Crippen molar-refractivity contribution in [2.75, 3.05) is 13.7 Å². The highest BCUT2D eigenvalue weighted by Gasteiger charge is 2.11. The number of benzene rings is 3. The van der Waals surface area contributed by atoms with Gasteiger partial charge < -0.3 is 9.47 Å². The van der Waals surface area contributed by atoms with E-state index in [1.54, 1.807) is 60.1 Å². The maximum atomic E-state index is 13.7. The third-order valence-electron chi connectivity index (χ3n) is 5.12. The van der Waals surface area contributed by atoms with Gasteiger partial charge in [-0.3, -0.25) is 14.8 Å². The predicted molar refractivity (Wildman–Crippen MR) is 127 cm³/mol. The normalized spacial score (nSPS) is 10.8. The van der Waals surface area contributed by atoms with Gasteiger partial charge in [0.25, 0.3) is 0 Å². The van der Waals surface area contributed by atoms with Crippen LogP contribution in [0.1, 0.15) is 35.2 Å². The van der Waals surface area contributed by atoms with Crippen molar-refractivity contribution < 1.29 is 28.7 Å². The van der Waals surface area contributed by atoms with Crippen molar-refractivity contribution in [1.82, 2.24) is 5.48 Å². The second kappa shape index (κ2) is 12.3. The Morgan fingerprint density at radius 3 is 2.59 bits per heavy atom. The number of hydroxylamine groups is 1. The number of carbonyl (C=O) groups is 2. The van der Waals surface area contributed by atoms with Crippen LogP contribution in [0, 0.1) is 5.82 Å². The number of amides is 1. The number of rotatable bonds is 11. The summed E-state index contributed by atoms with van der Waals surface area (Å²) in [5.41, 5.74) is 4.10. The van der Waals surface area contributed by atoms with Gasteiger partial charge in [0.15, 0.2) is 17.3 Å². The van der Waals surface area contributed by atoms with E-state index in [1.165, 1.54) is 25.3 Å². The zero-order valence-electron chi connectivity index (χ0n) is 18.8. The molecule has 0 aromatic heterocycles. The fraction of sp³-hybridized carbons (Fsp3) is 0.185. The first-order chi connectivity index (χ1) is 16.5. The van der Waals surface area contributed by atoms with Crippen LogP contribution >= 0.6 is 0 Å². The van der Waals surface area contributed by atoms with Gasteiger partial charge in [-0.1, -0.05) is 48.5 Å². The molecule has 0 fully saturated rings. The summed E-state index contributed by atoms with van der Waals surface area (Å²) in [5.74, 6) is 0.0586. The molecule has 0 spiro atoms. The van der Waals surface area contributed by atoms with Gasteiger partial charge in [0.1, 0.15) is 5.82 Å². The van der Waals surface area contributed by atoms with E-state index in [4.69, 9.17) is 14.7 Å². The second-order valence-electron chi connectivity index (χ2n) is 7.50. The maximum absolute atomic E-state index is 13.7. The van der Waals surface area contributed by atoms with E-state index in [-0.39, 0.29) is 18.0 Å². The molecule has 34 heavy (non-hydrogen) atoms. The molecule has 0 aliphatic heterocycles. The van der Waals surface area contributed by atoms with Crippen LogP contribution in [0.2, 0.25) is 0 Å². The molecule has 0 aliphatic carbocycles. The summed E-state index contributed by atoms with van der Waals surface area (Å²) in [5, 5.41) is 8.52. The first kappa shape index (κ1) is 24.7. The molecule has 0 atom stereocenters. The lowest BCUT2D eigenvalue weighted by molar-refractivity contribution is -0.129. The Morgan fingerprint density at radius 1 is 1.00 bits per heavy atom. The van der Waals surface area contributed by atoms with E-state index in [0.29, 0.717) is 47.6 Å². The number of methoxy groups -OCH3 is 1. The lowest BCUT2D eigenvalue weighted by atomic mass is 9.96. The van der Waals surface area contributed by atoms with E-state index in [2.05, 4.69) is 0 Å². The summed E-state index contributed by atoms with van der Waals surface area (Å²) in [7, 11) is 1.54. The lowest BCUT2D eigenvalue weighted by Gasteiger charge is -2.11. The van der Waals surface area contributed by atoms with Crippen molar-refractivity contribution in [3.05, 3.63) is 89.8 Å². The molecule has 2 N–H and O–H groups in total. The Kier molecular flexibility index (Phi) is 8.94. The molecule has 0 saturated heterocycles. The minimum Gasteiger partial charge on any atom is -0.493 e. The van der Waals surface area contributed by atoms with Crippen LogP contribution < -0.4 is 15.0 Å². The quantitative estimate of drug-likeness (QED) is 0.130. The van der Waals surface area contributed by atoms with Crippen molar-refractivity contribution in [3.63, 3.8) is 0 Å². The van der Waals surface area contributed by atoms with Gasteiger partial charge in [0, 0.05) is 12.0 Å². The minimum atomic E-state index is -0.437. The largest absolute Gasteiger partial charge is 0.493 e. The molecule has 0 saturated carbocycles. The number of carbonyl (C=O) groups excluding carboxylic acids is 2. The van der Waals surface area contributed by atoms with Crippen molar-refractivity contribution in [1.29, 1.82) is 0 Å². The average Bonchev–Trinajstić information content (AvgIpc) is 2.87. The Bertz CT molecular complexity index is 1180. The lowest BCUT2D eigenvalue weighted by Crippen LogP contribution is -2.18. The van der Waals surface area contributed by atoms with Crippen molar-refractivity contribution in [2.24, 2.45) is 0 Å². The molecule has 6 nitrogen and oxygen atoms in total. The van der Waals surface area contributed by atoms with Crippen LogP contribution in [0.4, 0.5) is 4.39 Å². The zero-order valence-corrected chi connectivity index (χ0v) is 18.8. The summed E-state index contributed by atoms with van der Waals surface area (Å²) in [6.45, 7) is 0.363. The fourth-order valence-corrected chi connectivity index (χ4v) is 3.40. The summed E-state index contributed by atoms with van der Waals surface area (Å²) >= 11 is 0. The number of unbranched alkanes of at least 4 members (excludes halogenated alkanes) is 1. The van der Waals surface area contributed by atoms with Gasteiger partial charge >= 0.3 is 0 Å². The van der Waals surface area contributed by atoms with Crippen molar-refractivity contribution >= 4 is 17.8 Å². The van der Waals surface area contributed by atoms with Gasteiger partial charge in [-0.15, -0.1) is 0 Å². The van der Waals surface area contributed by atoms with E-state index in [0.717, 1.165) is 5.56 Å². The highest BCUT2D eigenvalue weighted by molar-refractivity contribution is 6.11. The molecule has 3 aromatic rings. The number of ketones is 1. The van der Waals surface area contributed by atoms with E-state index in [1.807, 2.05) is 6.07 Å². The van der Waals surface area contributed by atoms with Crippen molar-refractivity contribution in [2.45, 2.75) is 19.3 Å². The van der Waals surface area contributed by atoms with E-state index < -0.39 is 5.91 Å². The Labute approximate surface area is 197 Å². The Morgan fingerprint density at radius 2 is 1.82 bits per heavy atom. The Balaban J connectivity index is 1.71. The molecule has 3 aromatic carbocycles. The van der Waals surface area contributed by atoms with Crippen LogP contribution in [0.25, 0.3) is 17.2 Å². The standard InChI is InChI=1S/C27H26FNO5/c1-33-25-15-13-19(17-26(25)34-16-5-4-11-27(31)29-32)12-14-24(30)23-10-3-2-9-22(23)20-7-6-8-21(28)18-20/h2-3,6-10,12-15,17-18,32H,4-5,11,16H2,1H3,(H,29,31)/b14-12+. The number of hydrogen-bond acceptors (Lipinski definition) is 5. The second-order valence-corrected chi connectivity index (χ2v) is 7.50. The maximum Gasteiger partial charge on any atom is 0.243 e. The molecular weight excluding hydrogens is 437 g/mol. The molecule has 0 bridgehead atoms. The van der Waals surface area contributed by atoms with Gasteiger partial charge in [-0.05, 0) is 59.9 Å². The van der Waals surface area contributed by atoms with Crippen LogP contribution in [0.3, 0.4) is 0 Å². The van der Waals surface area contributed by atoms with Gasteiger partial charge in [-0.2, -0.15) is 0 Å². The molecule has 3 rings (SSSR count). The molecule has 1 amide bonds. The van der Waals surface area contributed by atoms with Crippen LogP contribution in [0.5, 0.6) is 11.5 Å². The average molecular weight is 464 g/mol. The summed E-state index contributed by atoms with van der Waals surface area (Å²) in [4.78, 5) is 24.0. The Hall–Kier alpha value is -3.97. The monoisotopic (exact) mass is 463 g/mol. The molecule has 0 unspecified atom stereocenters. The molecule has 0 aliphatic rings. The van der Waals surface area contributed by atoms with Gasteiger partial charge in [0.2, 0.25) is 5.91 Å². The SMILES string of the molecule is COc1ccc(/C=C/C(=O)c2ccccc2-c2cccc(F)c2)cc1OCCCCC(=O)NO. The van der Waals surface area contributed by atoms with Crippen LogP contribution in [0.15, 0.2) is 72.8 Å². The number of halogens is 1. The molecule has 7 heteroatoms. The number of hydrogen-bond donors (Lipinski definition) is 2. The number of ether oxygens (including phenoxy) is 2. The molecule has 176 valence electrons. The molecule has 0 radical (unpaired) electrons. The van der Waals surface area contributed by atoms with E-state index in [9.17, 15) is 14.0 Å². The number of allylic oxidation sites excluding steroid dienone is 1. The van der Waals surface area contributed by atoms with Crippen LogP contribution in [-0.4, -0.2) is 30.6 Å². The van der Waals surface area contributed by atoms with E-state index >= 15 is 0 Å². The first-order valence-corrected chi connectivity index (χ1v) is 10.8. The van der Waals surface area contributed by atoms with Gasteiger partial charge in [0.05, 0.1) is 13.7 Å². The predicted octanol–water partition coefficient (Wildman–Crippen LogP) is 5.45. The minimum absolute atomic E-state index is 0.207. The summed E-state index contributed by atoms with van der Waals surface area (Å²) in [6, 6.07) is 18.6. The number of nitrogens with one attached hydrogen (secondary N) is 1. The van der Waals surface area contributed by atoms with Gasteiger partial charge in [-0.25, -0.2) is 9.87 Å². The van der Waals surface area contributed by atoms with Crippen LogP contribution in [-0.2, 0) is 4.79 Å².